The molecule has 154 valence electrons. The molecule has 0 radical (unpaired) electrons. The number of sulfonamides is 1. The van der Waals surface area contributed by atoms with E-state index in [-0.39, 0.29) is 29.4 Å². The second-order valence-corrected chi connectivity index (χ2v) is 8.47. The molecule has 29 heavy (non-hydrogen) atoms. The number of hydrazine groups is 1. The first kappa shape index (κ1) is 20.7. The maximum atomic E-state index is 13.1. The van der Waals surface area contributed by atoms with E-state index < -0.39 is 21.8 Å². The number of carbonyl (C=O) groups excluding carboxylic acids is 2. The summed E-state index contributed by atoms with van der Waals surface area (Å²) in [6.45, 7) is 2.71. The predicted molar refractivity (Wildman–Crippen MR) is 105 cm³/mol. The van der Waals surface area contributed by atoms with E-state index in [0.29, 0.717) is 13.1 Å². The summed E-state index contributed by atoms with van der Waals surface area (Å²) in [5.74, 6) is -1.38. The first-order chi connectivity index (χ1) is 13.8. The summed E-state index contributed by atoms with van der Waals surface area (Å²) >= 11 is 0. The Bertz CT molecular complexity index is 1000. The second-order valence-electron chi connectivity index (χ2n) is 6.53. The standard InChI is InChI=1S/C19H21FN4O4S/c1-14(25)21-22-19(26)15-3-2-4-18(13-15)29(27,28)24-11-9-23(10-12-24)17-7-5-16(20)6-8-17/h2-8,13H,9-12H2,1H3,(H,21,25)(H,22,26). The highest BCUT2D eigenvalue weighted by atomic mass is 32.2. The molecule has 0 atom stereocenters. The number of nitrogens with one attached hydrogen (secondary N) is 2. The number of anilines is 1. The highest BCUT2D eigenvalue weighted by Crippen LogP contribution is 2.22. The van der Waals surface area contributed by atoms with E-state index in [9.17, 15) is 22.4 Å². The molecule has 0 aliphatic carbocycles. The Morgan fingerprint density at radius 3 is 2.24 bits per heavy atom. The van der Waals surface area contributed by atoms with Crippen LogP contribution in [0.15, 0.2) is 53.4 Å². The number of carbonyl (C=O) groups is 2. The van der Waals surface area contributed by atoms with Crippen LogP contribution in [-0.2, 0) is 14.8 Å². The number of hydrogen-bond donors (Lipinski definition) is 2. The molecule has 0 aromatic heterocycles. The van der Waals surface area contributed by atoms with Gasteiger partial charge < -0.3 is 4.90 Å². The summed E-state index contributed by atoms with van der Waals surface area (Å²) in [5.41, 5.74) is 5.32. The lowest BCUT2D eigenvalue weighted by Crippen LogP contribution is -2.48. The molecule has 1 aliphatic heterocycles. The van der Waals surface area contributed by atoms with Crippen molar-refractivity contribution in [1.29, 1.82) is 0 Å². The van der Waals surface area contributed by atoms with E-state index >= 15 is 0 Å². The SMILES string of the molecule is CC(=O)NNC(=O)c1cccc(S(=O)(=O)N2CCN(c3ccc(F)cc3)CC2)c1. The summed E-state index contributed by atoms with van der Waals surface area (Å²) < 4.78 is 40.4. The molecular weight excluding hydrogens is 399 g/mol. The second kappa shape index (κ2) is 8.58. The summed E-state index contributed by atoms with van der Waals surface area (Å²) in [6.07, 6.45) is 0. The Balaban J connectivity index is 1.70. The third-order valence-electron chi connectivity index (χ3n) is 4.52. The van der Waals surface area contributed by atoms with Crippen molar-refractivity contribution in [1.82, 2.24) is 15.2 Å². The van der Waals surface area contributed by atoms with Gasteiger partial charge in [-0.15, -0.1) is 0 Å². The summed E-state index contributed by atoms with van der Waals surface area (Å²) in [4.78, 5) is 25.0. The number of halogens is 1. The molecule has 0 bridgehead atoms. The average Bonchev–Trinajstić information content (AvgIpc) is 2.72. The van der Waals surface area contributed by atoms with Gasteiger partial charge in [0.15, 0.2) is 0 Å². The Kier molecular flexibility index (Phi) is 6.14. The van der Waals surface area contributed by atoms with E-state index in [4.69, 9.17) is 0 Å². The molecule has 2 aromatic carbocycles. The van der Waals surface area contributed by atoms with Crippen LogP contribution >= 0.6 is 0 Å². The molecule has 2 aromatic rings. The van der Waals surface area contributed by atoms with Crippen LogP contribution in [0.4, 0.5) is 10.1 Å². The number of hydrogen-bond acceptors (Lipinski definition) is 5. The van der Waals surface area contributed by atoms with Gasteiger partial charge in [0, 0.05) is 44.4 Å². The summed E-state index contributed by atoms with van der Waals surface area (Å²) in [7, 11) is -3.78. The Hall–Kier alpha value is -2.98. The minimum absolute atomic E-state index is 0.00297. The lowest BCUT2D eigenvalue weighted by atomic mass is 10.2. The molecule has 2 N–H and O–H groups in total. The Labute approximate surface area is 168 Å². The summed E-state index contributed by atoms with van der Waals surface area (Å²) in [5, 5.41) is 0. The molecule has 0 spiro atoms. The van der Waals surface area contributed by atoms with Crippen LogP contribution in [0.5, 0.6) is 0 Å². The number of rotatable bonds is 4. The summed E-state index contributed by atoms with van der Waals surface area (Å²) in [6, 6.07) is 11.7. The average molecular weight is 420 g/mol. The van der Waals surface area contributed by atoms with E-state index in [2.05, 4.69) is 10.9 Å². The molecule has 10 heteroatoms. The van der Waals surface area contributed by atoms with Crippen LogP contribution in [0.3, 0.4) is 0 Å². The lowest BCUT2D eigenvalue weighted by molar-refractivity contribution is -0.119. The smallest absolute Gasteiger partial charge is 0.269 e. The predicted octanol–water partition coefficient (Wildman–Crippen LogP) is 1.12. The third-order valence-corrected chi connectivity index (χ3v) is 6.41. The first-order valence-corrected chi connectivity index (χ1v) is 10.4. The molecule has 0 saturated carbocycles. The first-order valence-electron chi connectivity index (χ1n) is 8.95. The molecule has 8 nitrogen and oxygen atoms in total. The normalized spacial score (nSPS) is 15.0. The third kappa shape index (κ3) is 4.90. The molecular formula is C19H21FN4O4S. The van der Waals surface area contributed by atoms with Gasteiger partial charge >= 0.3 is 0 Å². The van der Waals surface area contributed by atoms with Crippen molar-refractivity contribution in [2.45, 2.75) is 11.8 Å². The molecule has 1 aliphatic rings. The highest BCUT2D eigenvalue weighted by molar-refractivity contribution is 7.89. The van der Waals surface area contributed by atoms with E-state index in [1.54, 1.807) is 12.1 Å². The van der Waals surface area contributed by atoms with Crippen molar-refractivity contribution in [3.63, 3.8) is 0 Å². The fourth-order valence-corrected chi connectivity index (χ4v) is 4.47. The van der Waals surface area contributed by atoms with Gasteiger partial charge in [-0.25, -0.2) is 12.8 Å². The molecule has 0 unspecified atom stereocenters. The number of nitrogens with zero attached hydrogens (tertiary/aromatic N) is 2. The van der Waals surface area contributed by atoms with Gasteiger partial charge in [-0.3, -0.25) is 20.4 Å². The van der Waals surface area contributed by atoms with Crippen molar-refractivity contribution in [3.8, 4) is 0 Å². The van der Waals surface area contributed by atoms with Gasteiger partial charge in [-0.2, -0.15) is 4.31 Å². The fourth-order valence-electron chi connectivity index (χ4n) is 3.00. The largest absolute Gasteiger partial charge is 0.369 e. The van der Waals surface area contributed by atoms with Crippen LogP contribution in [0.25, 0.3) is 0 Å². The van der Waals surface area contributed by atoms with Crippen molar-refractivity contribution in [3.05, 3.63) is 59.9 Å². The van der Waals surface area contributed by atoms with Gasteiger partial charge in [-0.05, 0) is 42.5 Å². The van der Waals surface area contributed by atoms with E-state index in [1.807, 2.05) is 4.90 Å². The maximum Gasteiger partial charge on any atom is 0.269 e. The molecule has 1 heterocycles. The number of amides is 2. The van der Waals surface area contributed by atoms with Crippen LogP contribution in [0, 0.1) is 5.82 Å². The maximum absolute atomic E-state index is 13.1. The highest BCUT2D eigenvalue weighted by Gasteiger charge is 2.29. The van der Waals surface area contributed by atoms with E-state index in [1.165, 1.54) is 47.6 Å². The number of piperazine rings is 1. The van der Waals surface area contributed by atoms with Crippen molar-refractivity contribution >= 4 is 27.5 Å². The van der Waals surface area contributed by atoms with Gasteiger partial charge in [0.25, 0.3) is 5.91 Å². The zero-order valence-electron chi connectivity index (χ0n) is 15.8. The molecule has 2 amide bonds. The van der Waals surface area contributed by atoms with Crippen LogP contribution < -0.4 is 15.8 Å². The van der Waals surface area contributed by atoms with Gasteiger partial charge in [0.2, 0.25) is 15.9 Å². The van der Waals surface area contributed by atoms with Gasteiger partial charge in [0.1, 0.15) is 5.82 Å². The quantitative estimate of drug-likeness (QED) is 0.723. The van der Waals surface area contributed by atoms with Gasteiger partial charge in [0.05, 0.1) is 4.90 Å². The topological polar surface area (TPSA) is 98.8 Å². The van der Waals surface area contributed by atoms with Crippen LogP contribution in [0.1, 0.15) is 17.3 Å². The molecule has 1 fully saturated rings. The van der Waals surface area contributed by atoms with Crippen LogP contribution in [0.2, 0.25) is 0 Å². The Morgan fingerprint density at radius 2 is 1.62 bits per heavy atom. The molecule has 1 saturated heterocycles. The Morgan fingerprint density at radius 1 is 0.966 bits per heavy atom. The zero-order valence-corrected chi connectivity index (χ0v) is 16.6. The molecule has 3 rings (SSSR count). The van der Waals surface area contributed by atoms with Crippen molar-refractivity contribution < 1.29 is 22.4 Å². The van der Waals surface area contributed by atoms with Gasteiger partial charge in [-0.1, -0.05) is 6.07 Å². The minimum Gasteiger partial charge on any atom is -0.369 e. The van der Waals surface area contributed by atoms with Crippen molar-refractivity contribution in [2.75, 3.05) is 31.1 Å². The van der Waals surface area contributed by atoms with E-state index in [0.717, 1.165) is 5.69 Å². The zero-order chi connectivity index (χ0) is 21.0. The lowest BCUT2D eigenvalue weighted by Gasteiger charge is -2.35. The fraction of sp³-hybridized carbons (Fsp3) is 0.263. The monoisotopic (exact) mass is 420 g/mol. The number of benzene rings is 2. The van der Waals surface area contributed by atoms with Crippen LogP contribution in [-0.4, -0.2) is 50.7 Å². The minimum atomic E-state index is -3.78. The van der Waals surface area contributed by atoms with Crippen molar-refractivity contribution in [2.24, 2.45) is 0 Å².